The molecule has 0 aliphatic heterocycles. The molecule has 0 bridgehead atoms. The average Bonchev–Trinajstić information content (AvgIpc) is 2.29. The van der Waals surface area contributed by atoms with Crippen LogP contribution in [0.5, 0.6) is 0 Å². The van der Waals surface area contributed by atoms with E-state index in [-0.39, 0.29) is 4.90 Å². The van der Waals surface area contributed by atoms with Crippen LogP contribution in [0.3, 0.4) is 0 Å². The molecule has 9 heteroatoms. The summed E-state index contributed by atoms with van der Waals surface area (Å²) in [6.07, 6.45) is -1.79. The number of halogens is 2. The van der Waals surface area contributed by atoms with E-state index >= 15 is 0 Å². The van der Waals surface area contributed by atoms with Crippen molar-refractivity contribution in [2.45, 2.75) is 11.0 Å². The topological polar surface area (TPSA) is 104 Å². The first-order chi connectivity index (χ1) is 8.24. The van der Waals surface area contributed by atoms with E-state index in [1.807, 2.05) is 4.72 Å². The summed E-state index contributed by atoms with van der Waals surface area (Å²) in [7, 11) is -3.89. The smallest absolute Gasteiger partial charge is 0.333 e. The number of nitrogens with one attached hydrogen (secondary N) is 1. The number of rotatable bonds is 5. The number of benzene rings is 1. The lowest BCUT2D eigenvalue weighted by Crippen LogP contribution is -2.36. The van der Waals surface area contributed by atoms with Crippen molar-refractivity contribution in [1.82, 2.24) is 4.72 Å². The van der Waals surface area contributed by atoms with E-state index in [0.29, 0.717) is 8.95 Å². The van der Waals surface area contributed by atoms with Crippen LogP contribution in [0.4, 0.5) is 0 Å². The molecule has 0 amide bonds. The molecule has 6 nitrogen and oxygen atoms in total. The molecular weight excluding hydrogens is 394 g/mol. The maximum Gasteiger partial charge on any atom is 0.333 e. The molecule has 1 unspecified atom stereocenters. The van der Waals surface area contributed by atoms with Crippen LogP contribution in [0.15, 0.2) is 32.0 Å². The van der Waals surface area contributed by atoms with Crippen LogP contribution in [0, 0.1) is 0 Å². The Morgan fingerprint density at radius 1 is 1.39 bits per heavy atom. The summed E-state index contributed by atoms with van der Waals surface area (Å²) < 4.78 is 26.6. The van der Waals surface area contributed by atoms with Gasteiger partial charge < -0.3 is 10.2 Å². The quantitative estimate of drug-likeness (QED) is 0.679. The van der Waals surface area contributed by atoms with Gasteiger partial charge in [-0.3, -0.25) is 0 Å². The first kappa shape index (κ1) is 15.6. The van der Waals surface area contributed by atoms with Crippen LogP contribution in [-0.4, -0.2) is 37.2 Å². The molecule has 1 aromatic carbocycles. The second kappa shape index (κ2) is 6.11. The molecule has 0 heterocycles. The fourth-order valence-corrected chi connectivity index (χ4v) is 3.58. The molecule has 0 saturated carbocycles. The molecule has 0 radical (unpaired) electrons. The van der Waals surface area contributed by atoms with E-state index in [1.165, 1.54) is 12.1 Å². The van der Waals surface area contributed by atoms with Gasteiger partial charge in [-0.25, -0.2) is 17.9 Å². The predicted molar refractivity (Wildman–Crippen MR) is 70.7 cm³/mol. The minimum Gasteiger partial charge on any atom is -0.479 e. The standard InChI is InChI=1S/C9H9Br2NO5S/c10-5-1-2-6(11)8(3-5)18(16,17)12-4-7(13)9(14)15/h1-3,7,12-13H,4H2,(H,14,15). The van der Waals surface area contributed by atoms with Gasteiger partial charge in [0.05, 0.1) is 4.90 Å². The number of carboxylic acid groups (broad SMARTS) is 1. The average molecular weight is 403 g/mol. The fraction of sp³-hybridized carbons (Fsp3) is 0.222. The molecular formula is C9H9Br2NO5S. The van der Waals surface area contributed by atoms with Crippen molar-refractivity contribution < 1.29 is 23.4 Å². The van der Waals surface area contributed by atoms with Crippen molar-refractivity contribution in [2.75, 3.05) is 6.54 Å². The van der Waals surface area contributed by atoms with Gasteiger partial charge in [-0.05, 0) is 34.1 Å². The minimum absolute atomic E-state index is 0.0468. The van der Waals surface area contributed by atoms with Crippen LogP contribution in [-0.2, 0) is 14.8 Å². The fourth-order valence-electron chi connectivity index (χ4n) is 1.04. The molecule has 3 N–H and O–H groups in total. The van der Waals surface area contributed by atoms with Gasteiger partial charge in [0.25, 0.3) is 0 Å². The van der Waals surface area contributed by atoms with E-state index in [1.54, 1.807) is 6.07 Å². The number of aliphatic carboxylic acids is 1. The van der Waals surface area contributed by atoms with Gasteiger partial charge in [0.15, 0.2) is 6.10 Å². The maximum absolute atomic E-state index is 11.9. The molecule has 0 aliphatic rings. The van der Waals surface area contributed by atoms with Gasteiger partial charge in [0.2, 0.25) is 10.0 Å². The molecule has 100 valence electrons. The van der Waals surface area contributed by atoms with Crippen molar-refractivity contribution in [2.24, 2.45) is 0 Å². The zero-order chi connectivity index (χ0) is 13.9. The largest absolute Gasteiger partial charge is 0.479 e. The van der Waals surface area contributed by atoms with Crippen molar-refractivity contribution in [3.8, 4) is 0 Å². The van der Waals surface area contributed by atoms with Gasteiger partial charge >= 0.3 is 5.97 Å². The molecule has 0 saturated heterocycles. The van der Waals surface area contributed by atoms with E-state index in [4.69, 9.17) is 10.2 Å². The van der Waals surface area contributed by atoms with Gasteiger partial charge in [0.1, 0.15) is 0 Å². The zero-order valence-corrected chi connectivity index (χ0v) is 12.8. The molecule has 0 aromatic heterocycles. The van der Waals surface area contributed by atoms with E-state index < -0.39 is 28.6 Å². The summed E-state index contributed by atoms with van der Waals surface area (Å²) in [5, 5.41) is 17.5. The molecule has 1 rings (SSSR count). The number of carbonyl (C=O) groups is 1. The maximum atomic E-state index is 11.9. The number of sulfonamides is 1. The Labute approximate surface area is 120 Å². The highest BCUT2D eigenvalue weighted by molar-refractivity contribution is 9.11. The Morgan fingerprint density at radius 3 is 2.56 bits per heavy atom. The second-order valence-electron chi connectivity index (χ2n) is 3.28. The summed E-state index contributed by atoms with van der Waals surface area (Å²) in [6, 6.07) is 4.54. The third kappa shape index (κ3) is 4.02. The summed E-state index contributed by atoms with van der Waals surface area (Å²) in [4.78, 5) is 10.3. The van der Waals surface area contributed by atoms with Crippen LogP contribution < -0.4 is 4.72 Å². The number of carboxylic acids is 1. The zero-order valence-electron chi connectivity index (χ0n) is 8.80. The van der Waals surface area contributed by atoms with Crippen molar-refractivity contribution >= 4 is 47.9 Å². The van der Waals surface area contributed by atoms with Gasteiger partial charge in [-0.15, -0.1) is 0 Å². The number of aliphatic hydroxyl groups is 1. The Morgan fingerprint density at radius 2 is 2.00 bits per heavy atom. The summed E-state index contributed by atoms with van der Waals surface area (Å²) >= 11 is 6.22. The first-order valence-corrected chi connectivity index (χ1v) is 7.66. The summed E-state index contributed by atoms with van der Waals surface area (Å²) in [6.45, 7) is -0.601. The SMILES string of the molecule is O=C(O)C(O)CNS(=O)(=O)c1cc(Br)ccc1Br. The van der Waals surface area contributed by atoms with Gasteiger partial charge in [0, 0.05) is 15.5 Å². The summed E-state index contributed by atoms with van der Waals surface area (Å²) in [5.74, 6) is -1.49. The predicted octanol–water partition coefficient (Wildman–Crippen LogP) is 0.935. The lowest BCUT2D eigenvalue weighted by atomic mass is 10.4. The normalized spacial score (nSPS) is 13.3. The highest BCUT2D eigenvalue weighted by Gasteiger charge is 2.21. The molecule has 18 heavy (non-hydrogen) atoms. The molecule has 0 spiro atoms. The second-order valence-corrected chi connectivity index (χ2v) is 6.79. The van der Waals surface area contributed by atoms with Gasteiger partial charge in [-0.2, -0.15) is 0 Å². The van der Waals surface area contributed by atoms with Crippen LogP contribution in [0.1, 0.15) is 0 Å². The Hall–Kier alpha value is -0.480. The van der Waals surface area contributed by atoms with Crippen molar-refractivity contribution in [3.05, 3.63) is 27.1 Å². The Kier molecular flexibility index (Phi) is 5.29. The number of hydrogen-bond acceptors (Lipinski definition) is 4. The van der Waals surface area contributed by atoms with Crippen molar-refractivity contribution in [1.29, 1.82) is 0 Å². The monoisotopic (exact) mass is 401 g/mol. The molecule has 0 aliphatic carbocycles. The molecule has 0 fully saturated rings. The van der Waals surface area contributed by atoms with E-state index in [2.05, 4.69) is 31.9 Å². The van der Waals surface area contributed by atoms with Crippen molar-refractivity contribution in [3.63, 3.8) is 0 Å². The van der Waals surface area contributed by atoms with Gasteiger partial charge in [-0.1, -0.05) is 15.9 Å². The third-order valence-corrected chi connectivity index (χ3v) is 4.85. The minimum atomic E-state index is -3.89. The summed E-state index contributed by atoms with van der Waals surface area (Å²) in [5.41, 5.74) is 0. The Balaban J connectivity index is 2.93. The lowest BCUT2D eigenvalue weighted by molar-refractivity contribution is -0.146. The Bertz CT molecular complexity index is 560. The lowest BCUT2D eigenvalue weighted by Gasteiger charge is -2.10. The molecule has 1 atom stereocenters. The highest BCUT2D eigenvalue weighted by Crippen LogP contribution is 2.25. The van der Waals surface area contributed by atoms with E-state index in [9.17, 15) is 13.2 Å². The van der Waals surface area contributed by atoms with Crippen LogP contribution in [0.25, 0.3) is 0 Å². The first-order valence-electron chi connectivity index (χ1n) is 4.59. The van der Waals surface area contributed by atoms with Crippen LogP contribution >= 0.6 is 31.9 Å². The number of aliphatic hydroxyl groups excluding tert-OH is 1. The molecule has 1 aromatic rings. The van der Waals surface area contributed by atoms with E-state index in [0.717, 1.165) is 0 Å². The number of hydrogen-bond donors (Lipinski definition) is 3. The van der Waals surface area contributed by atoms with Crippen LogP contribution in [0.2, 0.25) is 0 Å². The highest BCUT2D eigenvalue weighted by atomic mass is 79.9. The third-order valence-electron chi connectivity index (χ3n) is 1.93.